The molecule has 3 nitrogen and oxygen atoms in total. The van der Waals surface area contributed by atoms with Crippen molar-refractivity contribution < 1.29 is 9.90 Å². The van der Waals surface area contributed by atoms with Gasteiger partial charge in [-0.15, -0.1) is 0 Å². The Hall–Kier alpha value is -1.65. The number of hydrogen-bond donors (Lipinski definition) is 2. The number of benzene rings is 2. The Morgan fingerprint density at radius 2 is 1.77 bits per heavy atom. The third kappa shape index (κ3) is 3.08. The highest BCUT2D eigenvalue weighted by Crippen LogP contribution is 2.45. The third-order valence-corrected chi connectivity index (χ3v) is 4.85. The fourth-order valence-electron chi connectivity index (χ4n) is 2.73. The van der Waals surface area contributed by atoms with Crippen LogP contribution in [0.1, 0.15) is 28.8 Å². The number of hydrogen-bond acceptors (Lipinski definition) is 2. The SMILES string of the molecule is O=C(NC[C@@](O)(c1ccccc1)C1CC1)c1ccccc1Br. The summed E-state index contributed by atoms with van der Waals surface area (Å²) < 4.78 is 0.752. The van der Waals surface area contributed by atoms with Crippen molar-refractivity contribution in [2.24, 2.45) is 5.92 Å². The molecule has 0 unspecified atom stereocenters. The molecule has 0 saturated heterocycles. The lowest BCUT2D eigenvalue weighted by Crippen LogP contribution is -2.42. The molecule has 0 bridgehead atoms. The Labute approximate surface area is 138 Å². The van der Waals surface area contributed by atoms with Gasteiger partial charge in [-0.1, -0.05) is 42.5 Å². The van der Waals surface area contributed by atoms with Crippen molar-refractivity contribution >= 4 is 21.8 Å². The molecular weight excluding hydrogens is 342 g/mol. The predicted octanol–water partition coefficient (Wildman–Crippen LogP) is 3.48. The molecule has 1 aliphatic rings. The average molecular weight is 360 g/mol. The van der Waals surface area contributed by atoms with Crippen LogP contribution in [0.25, 0.3) is 0 Å². The Kier molecular flexibility index (Phi) is 4.32. The van der Waals surface area contributed by atoms with Gasteiger partial charge in [0.05, 0.1) is 12.1 Å². The van der Waals surface area contributed by atoms with Gasteiger partial charge >= 0.3 is 0 Å². The smallest absolute Gasteiger partial charge is 0.252 e. The average Bonchev–Trinajstić information content (AvgIpc) is 3.39. The minimum absolute atomic E-state index is 0.178. The standard InChI is InChI=1S/C18H18BrNO2/c19-16-9-5-4-8-15(16)17(21)20-12-18(22,14-10-11-14)13-6-2-1-3-7-13/h1-9,14,22H,10-12H2,(H,20,21)/t18-/m1/s1. The highest BCUT2D eigenvalue weighted by atomic mass is 79.9. The van der Waals surface area contributed by atoms with Crippen LogP contribution in [0.5, 0.6) is 0 Å². The maximum atomic E-state index is 12.3. The summed E-state index contributed by atoms with van der Waals surface area (Å²) in [5.74, 6) is 0.0388. The van der Waals surface area contributed by atoms with Gasteiger partial charge in [-0.3, -0.25) is 4.79 Å². The van der Waals surface area contributed by atoms with Gasteiger partial charge in [-0.2, -0.15) is 0 Å². The summed E-state index contributed by atoms with van der Waals surface area (Å²) in [6.45, 7) is 0.224. The summed E-state index contributed by atoms with van der Waals surface area (Å²) in [5, 5.41) is 13.9. The third-order valence-electron chi connectivity index (χ3n) is 4.16. The molecule has 0 radical (unpaired) electrons. The maximum Gasteiger partial charge on any atom is 0.252 e. The number of carbonyl (C=O) groups is 1. The molecule has 0 aromatic heterocycles. The van der Waals surface area contributed by atoms with Gasteiger partial charge in [0.25, 0.3) is 5.91 Å². The van der Waals surface area contributed by atoms with Gasteiger partial charge in [0, 0.05) is 4.47 Å². The van der Waals surface area contributed by atoms with Gasteiger partial charge in [-0.05, 0) is 52.4 Å². The summed E-state index contributed by atoms with van der Waals surface area (Å²) in [6, 6.07) is 16.9. The lowest BCUT2D eigenvalue weighted by atomic mass is 9.88. The lowest BCUT2D eigenvalue weighted by molar-refractivity contribution is 0.0135. The van der Waals surface area contributed by atoms with Crippen molar-refractivity contribution in [1.29, 1.82) is 0 Å². The van der Waals surface area contributed by atoms with E-state index in [9.17, 15) is 9.90 Å². The molecule has 1 fully saturated rings. The molecule has 1 aliphatic carbocycles. The Morgan fingerprint density at radius 3 is 2.41 bits per heavy atom. The van der Waals surface area contributed by atoms with Crippen LogP contribution < -0.4 is 5.32 Å². The molecule has 0 spiro atoms. The molecule has 3 rings (SSSR count). The molecule has 1 atom stereocenters. The monoisotopic (exact) mass is 359 g/mol. The predicted molar refractivity (Wildman–Crippen MR) is 89.5 cm³/mol. The molecule has 0 heterocycles. The molecule has 2 N–H and O–H groups in total. The normalized spacial score (nSPS) is 16.8. The van der Waals surface area contributed by atoms with Crippen molar-refractivity contribution in [1.82, 2.24) is 5.32 Å². The van der Waals surface area contributed by atoms with E-state index in [4.69, 9.17) is 0 Å². The number of nitrogens with one attached hydrogen (secondary N) is 1. The van der Waals surface area contributed by atoms with E-state index in [1.54, 1.807) is 6.07 Å². The highest BCUT2D eigenvalue weighted by molar-refractivity contribution is 9.10. The van der Waals surface area contributed by atoms with Gasteiger partial charge in [-0.25, -0.2) is 0 Å². The first-order valence-corrected chi connectivity index (χ1v) is 8.21. The fourth-order valence-corrected chi connectivity index (χ4v) is 3.19. The zero-order valence-corrected chi connectivity index (χ0v) is 13.7. The summed E-state index contributed by atoms with van der Waals surface area (Å²) in [6.07, 6.45) is 1.99. The van der Waals surface area contributed by atoms with E-state index in [0.29, 0.717) is 5.56 Å². The minimum Gasteiger partial charge on any atom is -0.383 e. The van der Waals surface area contributed by atoms with Crippen molar-refractivity contribution in [3.05, 3.63) is 70.2 Å². The zero-order valence-electron chi connectivity index (χ0n) is 12.1. The molecule has 114 valence electrons. The van der Waals surface area contributed by atoms with Crippen LogP contribution in [-0.4, -0.2) is 17.6 Å². The van der Waals surface area contributed by atoms with Crippen molar-refractivity contribution in [2.75, 3.05) is 6.54 Å². The zero-order chi connectivity index (χ0) is 15.6. The Balaban J connectivity index is 1.76. The van der Waals surface area contributed by atoms with Crippen LogP contribution in [0.2, 0.25) is 0 Å². The van der Waals surface area contributed by atoms with E-state index in [0.717, 1.165) is 22.9 Å². The second kappa shape index (κ2) is 6.23. The highest BCUT2D eigenvalue weighted by Gasteiger charge is 2.45. The molecule has 22 heavy (non-hydrogen) atoms. The van der Waals surface area contributed by atoms with Crippen LogP contribution in [0, 0.1) is 5.92 Å². The summed E-state index contributed by atoms with van der Waals surface area (Å²) in [7, 11) is 0. The van der Waals surface area contributed by atoms with E-state index < -0.39 is 5.60 Å². The lowest BCUT2D eigenvalue weighted by Gasteiger charge is -2.29. The van der Waals surface area contributed by atoms with Gasteiger partial charge in [0.15, 0.2) is 0 Å². The van der Waals surface area contributed by atoms with Crippen LogP contribution in [0.3, 0.4) is 0 Å². The van der Waals surface area contributed by atoms with Crippen molar-refractivity contribution in [3.8, 4) is 0 Å². The number of aliphatic hydroxyl groups is 1. The summed E-state index contributed by atoms with van der Waals surface area (Å²) >= 11 is 3.38. The van der Waals surface area contributed by atoms with Gasteiger partial charge in [0.2, 0.25) is 0 Å². The van der Waals surface area contributed by atoms with Crippen LogP contribution in [0.15, 0.2) is 59.1 Å². The Bertz CT molecular complexity index is 670. The van der Waals surface area contributed by atoms with Crippen molar-refractivity contribution in [3.63, 3.8) is 0 Å². The fraction of sp³-hybridized carbons (Fsp3) is 0.278. The number of amides is 1. The van der Waals surface area contributed by atoms with Crippen LogP contribution >= 0.6 is 15.9 Å². The molecule has 2 aromatic rings. The second-order valence-electron chi connectivity index (χ2n) is 5.73. The summed E-state index contributed by atoms with van der Waals surface area (Å²) in [4.78, 5) is 12.3. The van der Waals surface area contributed by atoms with E-state index in [2.05, 4.69) is 21.2 Å². The van der Waals surface area contributed by atoms with Crippen LogP contribution in [-0.2, 0) is 5.60 Å². The number of halogens is 1. The van der Waals surface area contributed by atoms with E-state index in [-0.39, 0.29) is 18.4 Å². The first kappa shape index (κ1) is 15.3. The van der Waals surface area contributed by atoms with Crippen molar-refractivity contribution in [2.45, 2.75) is 18.4 Å². The quantitative estimate of drug-likeness (QED) is 0.858. The molecule has 1 amide bonds. The van der Waals surface area contributed by atoms with Crippen LogP contribution in [0.4, 0.5) is 0 Å². The second-order valence-corrected chi connectivity index (χ2v) is 6.58. The maximum absolute atomic E-state index is 12.3. The van der Waals surface area contributed by atoms with E-state index in [1.165, 1.54) is 0 Å². The van der Waals surface area contributed by atoms with Gasteiger partial charge < -0.3 is 10.4 Å². The molecular formula is C18H18BrNO2. The molecule has 0 aliphatic heterocycles. The number of rotatable bonds is 5. The minimum atomic E-state index is -0.988. The number of carbonyl (C=O) groups excluding carboxylic acids is 1. The first-order valence-electron chi connectivity index (χ1n) is 7.42. The van der Waals surface area contributed by atoms with E-state index >= 15 is 0 Å². The topological polar surface area (TPSA) is 49.3 Å². The molecule has 1 saturated carbocycles. The largest absolute Gasteiger partial charge is 0.383 e. The van der Waals surface area contributed by atoms with Gasteiger partial charge in [0.1, 0.15) is 5.60 Å². The first-order chi connectivity index (χ1) is 10.6. The van der Waals surface area contributed by atoms with E-state index in [1.807, 2.05) is 48.5 Å². The Morgan fingerprint density at radius 1 is 1.14 bits per heavy atom. The molecule has 4 heteroatoms. The summed E-state index contributed by atoms with van der Waals surface area (Å²) in [5.41, 5.74) is 0.455. The molecule has 2 aromatic carbocycles.